The minimum atomic E-state index is -3.26. The molecule has 0 atom stereocenters. The standard InChI is InChI=1S/2C3H8N.2C2H5O.Hf/c2*1-2-3-4;2*1-2-3;/h2*4H,2-3H2,1H3;2*2H2,1H3;/q4*-1;+4. The van der Waals surface area contributed by atoms with Gasteiger partial charge in [-0.25, -0.2) is 0 Å². The van der Waals surface area contributed by atoms with Crippen LogP contribution in [0.25, 0.3) is 0 Å². The molecule has 0 aromatic heterocycles. The summed E-state index contributed by atoms with van der Waals surface area (Å²) in [5.74, 6) is 0. The number of hydrogen-bond donors (Lipinski definition) is 2. The van der Waals surface area contributed by atoms with Gasteiger partial charge in [0.25, 0.3) is 0 Å². The molecule has 0 aromatic carbocycles. The van der Waals surface area contributed by atoms with Crippen LogP contribution in [0.5, 0.6) is 0 Å². The zero-order valence-electron chi connectivity index (χ0n) is 10.6. The molecule has 4 nitrogen and oxygen atoms in total. The SMILES string of the molecule is CCC[NH][Hf]([NH]CCC)([O]CC)[O]CC. The molecule has 0 aliphatic rings. The molecule has 15 heavy (non-hydrogen) atoms. The molecule has 0 unspecified atom stereocenters. The van der Waals surface area contributed by atoms with Gasteiger partial charge in [0.2, 0.25) is 0 Å². The summed E-state index contributed by atoms with van der Waals surface area (Å²) in [5, 5.41) is 0. The van der Waals surface area contributed by atoms with Crippen LogP contribution in [-0.2, 0) is 27.1 Å². The van der Waals surface area contributed by atoms with E-state index in [0.717, 1.165) is 39.1 Å². The summed E-state index contributed by atoms with van der Waals surface area (Å²) in [6.45, 7) is 11.7. The fourth-order valence-electron chi connectivity index (χ4n) is 1.29. The molecule has 0 radical (unpaired) electrons. The van der Waals surface area contributed by atoms with Gasteiger partial charge in [-0.2, -0.15) is 0 Å². The van der Waals surface area contributed by atoms with E-state index >= 15 is 0 Å². The van der Waals surface area contributed by atoms with Gasteiger partial charge in [-0.15, -0.1) is 0 Å². The topological polar surface area (TPSA) is 42.5 Å². The van der Waals surface area contributed by atoms with E-state index in [-0.39, 0.29) is 0 Å². The van der Waals surface area contributed by atoms with Gasteiger partial charge in [0.05, 0.1) is 0 Å². The summed E-state index contributed by atoms with van der Waals surface area (Å²) in [7, 11) is 0. The second kappa shape index (κ2) is 9.90. The third kappa shape index (κ3) is 6.79. The first kappa shape index (κ1) is 15.7. The Balaban J connectivity index is 4.26. The van der Waals surface area contributed by atoms with E-state index in [0.29, 0.717) is 0 Å². The maximum atomic E-state index is 5.85. The molecular weight excluding hydrogens is 359 g/mol. The Labute approximate surface area is 100 Å². The van der Waals surface area contributed by atoms with Gasteiger partial charge in [0, 0.05) is 0 Å². The third-order valence-corrected chi connectivity index (χ3v) is 12.0. The first-order chi connectivity index (χ1) is 7.24. The van der Waals surface area contributed by atoms with Gasteiger partial charge < -0.3 is 0 Å². The van der Waals surface area contributed by atoms with Crippen LogP contribution in [0.2, 0.25) is 0 Å². The van der Waals surface area contributed by atoms with E-state index in [4.69, 9.17) is 5.71 Å². The molecule has 0 heterocycles. The molecule has 2 N–H and O–H groups in total. The predicted octanol–water partition coefficient (Wildman–Crippen LogP) is 1.87. The van der Waals surface area contributed by atoms with E-state index in [1.807, 2.05) is 13.8 Å². The van der Waals surface area contributed by atoms with Gasteiger partial charge in [-0.3, -0.25) is 0 Å². The molecule has 92 valence electrons. The van der Waals surface area contributed by atoms with Crippen molar-refractivity contribution in [3.63, 3.8) is 0 Å². The molecule has 0 amide bonds. The molecule has 0 saturated heterocycles. The van der Waals surface area contributed by atoms with E-state index < -0.39 is 21.4 Å². The second-order valence-corrected chi connectivity index (χ2v) is 12.4. The summed E-state index contributed by atoms with van der Waals surface area (Å²) in [6.07, 6.45) is 2.21. The Bertz CT molecular complexity index is 131. The van der Waals surface area contributed by atoms with Gasteiger partial charge in [-0.1, -0.05) is 0 Å². The van der Waals surface area contributed by atoms with Crippen molar-refractivity contribution in [2.24, 2.45) is 0 Å². The van der Waals surface area contributed by atoms with Gasteiger partial charge in [0.1, 0.15) is 0 Å². The van der Waals surface area contributed by atoms with E-state index in [2.05, 4.69) is 20.5 Å². The Morgan fingerprint density at radius 2 is 1.20 bits per heavy atom. The molecule has 0 rings (SSSR count). The molecular formula is C10H26HfN2O2. The van der Waals surface area contributed by atoms with Crippen LogP contribution in [-0.4, -0.2) is 26.3 Å². The van der Waals surface area contributed by atoms with E-state index in [9.17, 15) is 0 Å². The predicted molar refractivity (Wildman–Crippen MR) is 59.8 cm³/mol. The van der Waals surface area contributed by atoms with Crippen molar-refractivity contribution < 1.29 is 27.1 Å². The van der Waals surface area contributed by atoms with Crippen molar-refractivity contribution in [3.8, 4) is 0 Å². The number of hydrogen-bond acceptors (Lipinski definition) is 4. The Morgan fingerprint density at radius 1 is 0.800 bits per heavy atom. The van der Waals surface area contributed by atoms with Crippen LogP contribution in [0.4, 0.5) is 0 Å². The van der Waals surface area contributed by atoms with Crippen LogP contribution in [0.15, 0.2) is 0 Å². The quantitative estimate of drug-likeness (QED) is 0.564. The molecule has 0 aliphatic heterocycles. The summed E-state index contributed by atoms with van der Waals surface area (Å²) in [6, 6.07) is 0. The van der Waals surface area contributed by atoms with E-state index in [1.165, 1.54) is 0 Å². The van der Waals surface area contributed by atoms with Crippen molar-refractivity contribution in [2.45, 2.75) is 40.5 Å². The molecule has 5 heteroatoms. The van der Waals surface area contributed by atoms with Gasteiger partial charge in [0.15, 0.2) is 0 Å². The Hall–Kier alpha value is 0.710. The van der Waals surface area contributed by atoms with Crippen LogP contribution in [0.3, 0.4) is 0 Å². The summed E-state index contributed by atoms with van der Waals surface area (Å²) in [4.78, 5) is 0. The molecule has 0 aliphatic carbocycles. The van der Waals surface area contributed by atoms with Gasteiger partial charge in [-0.05, 0) is 0 Å². The van der Waals surface area contributed by atoms with Crippen molar-refractivity contribution in [2.75, 3.05) is 26.3 Å². The van der Waals surface area contributed by atoms with Crippen molar-refractivity contribution in [1.82, 2.24) is 6.61 Å². The number of rotatable bonds is 10. The van der Waals surface area contributed by atoms with Crippen LogP contribution in [0.1, 0.15) is 40.5 Å². The van der Waals surface area contributed by atoms with Crippen LogP contribution in [0, 0.1) is 0 Å². The first-order valence-electron chi connectivity index (χ1n) is 6.02. The zero-order chi connectivity index (χ0) is 11.6. The normalized spacial score (nSPS) is 12.0. The Morgan fingerprint density at radius 3 is 1.47 bits per heavy atom. The molecule has 0 saturated carbocycles. The second-order valence-electron chi connectivity index (χ2n) is 3.34. The number of nitrogens with one attached hydrogen (secondary N) is 2. The van der Waals surface area contributed by atoms with Crippen molar-refractivity contribution in [3.05, 3.63) is 0 Å². The first-order valence-corrected chi connectivity index (χ1v) is 12.5. The molecule has 0 aromatic rings. The summed E-state index contributed by atoms with van der Waals surface area (Å²) in [5.41, 5.74) is 0. The average molecular weight is 385 g/mol. The molecule has 0 bridgehead atoms. The zero-order valence-corrected chi connectivity index (χ0v) is 14.2. The van der Waals surface area contributed by atoms with Crippen molar-refractivity contribution >= 4 is 0 Å². The molecule has 0 spiro atoms. The van der Waals surface area contributed by atoms with Crippen LogP contribution >= 0.6 is 0 Å². The maximum absolute atomic E-state index is 5.85. The summed E-state index contributed by atoms with van der Waals surface area (Å²) < 4.78 is 18.7. The van der Waals surface area contributed by atoms with Crippen LogP contribution < -0.4 is 6.61 Å². The van der Waals surface area contributed by atoms with Crippen molar-refractivity contribution in [1.29, 1.82) is 0 Å². The van der Waals surface area contributed by atoms with Gasteiger partial charge >= 0.3 is 101 Å². The Kier molecular flexibility index (Phi) is 10.4. The fourth-order valence-corrected chi connectivity index (χ4v) is 10.6. The molecule has 0 fully saturated rings. The minimum absolute atomic E-state index is 0.717. The summed E-state index contributed by atoms with van der Waals surface area (Å²) >= 11 is -3.26. The van der Waals surface area contributed by atoms with E-state index in [1.54, 1.807) is 0 Å². The fraction of sp³-hybridized carbons (Fsp3) is 1.00. The average Bonchev–Trinajstić information content (AvgIpc) is 2.24. The third-order valence-electron chi connectivity index (χ3n) is 1.91. The monoisotopic (exact) mass is 386 g/mol.